The molecule has 1 aromatic heterocycles. The predicted molar refractivity (Wildman–Crippen MR) is 60.5 cm³/mol. The predicted octanol–water partition coefficient (Wildman–Crippen LogP) is 0.763. The summed E-state index contributed by atoms with van der Waals surface area (Å²) in [7, 11) is 0. The van der Waals surface area contributed by atoms with Crippen LogP contribution in [-0.4, -0.2) is 28.0 Å². The molecule has 0 unspecified atom stereocenters. The van der Waals surface area contributed by atoms with E-state index in [1.807, 2.05) is 0 Å². The van der Waals surface area contributed by atoms with E-state index < -0.39 is 17.9 Å². The van der Waals surface area contributed by atoms with Gasteiger partial charge in [0.05, 0.1) is 0 Å². The quantitative estimate of drug-likeness (QED) is 0.708. The fourth-order valence-corrected chi connectivity index (χ4v) is 1.84. The summed E-state index contributed by atoms with van der Waals surface area (Å²) in [4.78, 5) is 25.6. The SMILES string of the molecule is CC(C)[C@@H](Nc1nc(C(N)=O)cs1)C(=O)O. The fourth-order valence-electron chi connectivity index (χ4n) is 1.10. The Kier molecular flexibility index (Phi) is 3.83. The van der Waals surface area contributed by atoms with Gasteiger partial charge < -0.3 is 16.2 Å². The maximum Gasteiger partial charge on any atom is 0.326 e. The summed E-state index contributed by atoms with van der Waals surface area (Å²) in [6.07, 6.45) is 0. The number of anilines is 1. The minimum absolute atomic E-state index is 0.0848. The average molecular weight is 243 g/mol. The summed E-state index contributed by atoms with van der Waals surface area (Å²) in [6, 6.07) is -0.730. The van der Waals surface area contributed by atoms with Crippen LogP contribution >= 0.6 is 11.3 Å². The van der Waals surface area contributed by atoms with Gasteiger partial charge in [-0.2, -0.15) is 0 Å². The lowest BCUT2D eigenvalue weighted by atomic mass is 10.1. The second-order valence-electron chi connectivity index (χ2n) is 3.61. The molecule has 7 heteroatoms. The van der Waals surface area contributed by atoms with Crippen LogP contribution in [0.3, 0.4) is 0 Å². The molecule has 0 saturated carbocycles. The van der Waals surface area contributed by atoms with Gasteiger partial charge in [-0.3, -0.25) is 4.79 Å². The largest absolute Gasteiger partial charge is 0.480 e. The van der Waals surface area contributed by atoms with E-state index in [1.165, 1.54) is 5.38 Å². The van der Waals surface area contributed by atoms with E-state index in [4.69, 9.17) is 10.8 Å². The lowest BCUT2D eigenvalue weighted by Gasteiger charge is -2.16. The van der Waals surface area contributed by atoms with Gasteiger partial charge in [0.25, 0.3) is 5.91 Å². The highest BCUT2D eigenvalue weighted by Gasteiger charge is 2.22. The summed E-state index contributed by atoms with van der Waals surface area (Å²) >= 11 is 1.15. The Morgan fingerprint density at radius 2 is 2.19 bits per heavy atom. The summed E-state index contributed by atoms with van der Waals surface area (Å²) in [5, 5.41) is 13.6. The first-order chi connectivity index (χ1) is 7.41. The third kappa shape index (κ3) is 2.93. The van der Waals surface area contributed by atoms with Crippen molar-refractivity contribution in [3.8, 4) is 0 Å². The molecular formula is C9H13N3O3S. The Morgan fingerprint density at radius 3 is 2.56 bits per heavy atom. The van der Waals surface area contributed by atoms with Crippen LogP contribution in [-0.2, 0) is 4.79 Å². The number of nitrogens with two attached hydrogens (primary N) is 1. The van der Waals surface area contributed by atoms with E-state index in [2.05, 4.69) is 10.3 Å². The summed E-state index contributed by atoms with van der Waals surface area (Å²) < 4.78 is 0. The minimum Gasteiger partial charge on any atom is -0.480 e. The first-order valence-electron chi connectivity index (χ1n) is 4.66. The number of carbonyl (C=O) groups excluding carboxylic acids is 1. The number of thiazole rings is 1. The molecule has 1 aromatic rings. The number of carboxylic acid groups (broad SMARTS) is 1. The van der Waals surface area contributed by atoms with Gasteiger partial charge in [0.2, 0.25) is 0 Å². The molecule has 0 radical (unpaired) electrons. The number of aromatic nitrogens is 1. The molecule has 1 atom stereocenters. The zero-order chi connectivity index (χ0) is 12.3. The molecule has 0 aromatic carbocycles. The Balaban J connectivity index is 2.78. The van der Waals surface area contributed by atoms with Crippen molar-refractivity contribution in [2.75, 3.05) is 5.32 Å². The van der Waals surface area contributed by atoms with Gasteiger partial charge in [-0.1, -0.05) is 13.8 Å². The first kappa shape index (κ1) is 12.4. The van der Waals surface area contributed by atoms with Crippen LogP contribution in [0.4, 0.5) is 5.13 Å². The van der Waals surface area contributed by atoms with E-state index in [-0.39, 0.29) is 11.6 Å². The van der Waals surface area contributed by atoms with Crippen LogP contribution in [0.1, 0.15) is 24.3 Å². The number of carbonyl (C=O) groups is 2. The number of hydrogen-bond acceptors (Lipinski definition) is 5. The molecule has 0 bridgehead atoms. The Bertz CT molecular complexity index is 402. The Morgan fingerprint density at radius 1 is 1.56 bits per heavy atom. The second-order valence-corrected chi connectivity index (χ2v) is 4.46. The molecule has 0 saturated heterocycles. The first-order valence-corrected chi connectivity index (χ1v) is 5.54. The molecule has 6 nitrogen and oxygen atoms in total. The lowest BCUT2D eigenvalue weighted by molar-refractivity contribution is -0.138. The highest BCUT2D eigenvalue weighted by molar-refractivity contribution is 7.13. The van der Waals surface area contributed by atoms with Gasteiger partial charge in [-0.15, -0.1) is 11.3 Å². The fraction of sp³-hybridized carbons (Fsp3) is 0.444. The highest BCUT2D eigenvalue weighted by atomic mass is 32.1. The highest BCUT2D eigenvalue weighted by Crippen LogP contribution is 2.18. The van der Waals surface area contributed by atoms with Crippen LogP contribution in [0.25, 0.3) is 0 Å². The van der Waals surface area contributed by atoms with E-state index in [9.17, 15) is 9.59 Å². The topological polar surface area (TPSA) is 105 Å². The molecule has 0 aliphatic heterocycles. The monoisotopic (exact) mass is 243 g/mol. The van der Waals surface area contributed by atoms with Crippen LogP contribution in [0, 0.1) is 5.92 Å². The van der Waals surface area contributed by atoms with E-state index in [0.717, 1.165) is 11.3 Å². The second kappa shape index (κ2) is 4.93. The van der Waals surface area contributed by atoms with Crippen LogP contribution in [0.5, 0.6) is 0 Å². The number of hydrogen-bond donors (Lipinski definition) is 3. The maximum atomic E-state index is 10.9. The maximum absolute atomic E-state index is 10.9. The molecule has 1 rings (SSSR count). The van der Waals surface area contributed by atoms with Gasteiger partial charge >= 0.3 is 5.97 Å². The molecule has 1 amide bonds. The molecule has 1 heterocycles. The number of carboxylic acids is 1. The van der Waals surface area contributed by atoms with Crippen molar-refractivity contribution in [3.05, 3.63) is 11.1 Å². The standard InChI is InChI=1S/C9H13N3O3S/c1-4(2)6(8(14)15)12-9-11-5(3-16-9)7(10)13/h3-4,6H,1-2H3,(H2,10,13)(H,11,12)(H,14,15)/t6-/m1/s1. The molecule has 0 fully saturated rings. The van der Waals surface area contributed by atoms with Crippen molar-refractivity contribution in [2.45, 2.75) is 19.9 Å². The average Bonchev–Trinajstić information content (AvgIpc) is 2.61. The number of aliphatic carboxylic acids is 1. The zero-order valence-electron chi connectivity index (χ0n) is 8.93. The minimum atomic E-state index is -0.953. The molecule has 0 aliphatic carbocycles. The number of rotatable bonds is 5. The van der Waals surface area contributed by atoms with Crippen LogP contribution in [0.15, 0.2) is 5.38 Å². The summed E-state index contributed by atoms with van der Waals surface area (Å²) in [6.45, 7) is 3.57. The van der Waals surface area contributed by atoms with Gasteiger partial charge in [0.15, 0.2) is 5.13 Å². The summed E-state index contributed by atoms with van der Waals surface area (Å²) in [5.41, 5.74) is 5.18. The number of nitrogens with one attached hydrogen (secondary N) is 1. The third-order valence-electron chi connectivity index (χ3n) is 1.97. The Hall–Kier alpha value is -1.63. The van der Waals surface area contributed by atoms with Crippen molar-refractivity contribution >= 4 is 28.3 Å². The molecule has 0 aliphatic rings. The molecule has 0 spiro atoms. The van der Waals surface area contributed by atoms with Crippen molar-refractivity contribution in [3.63, 3.8) is 0 Å². The molecule has 4 N–H and O–H groups in total. The molecular weight excluding hydrogens is 230 g/mol. The van der Waals surface area contributed by atoms with Gasteiger partial charge in [-0.05, 0) is 5.92 Å². The third-order valence-corrected chi connectivity index (χ3v) is 2.74. The Labute approximate surface area is 96.5 Å². The lowest BCUT2D eigenvalue weighted by Crippen LogP contribution is -2.34. The van der Waals surface area contributed by atoms with Crippen molar-refractivity contribution in [2.24, 2.45) is 11.7 Å². The van der Waals surface area contributed by atoms with E-state index >= 15 is 0 Å². The van der Waals surface area contributed by atoms with E-state index in [0.29, 0.717) is 5.13 Å². The van der Waals surface area contributed by atoms with Gasteiger partial charge in [-0.25, -0.2) is 9.78 Å². The van der Waals surface area contributed by atoms with Crippen molar-refractivity contribution in [1.82, 2.24) is 4.98 Å². The van der Waals surface area contributed by atoms with Crippen molar-refractivity contribution < 1.29 is 14.7 Å². The van der Waals surface area contributed by atoms with Crippen molar-refractivity contribution in [1.29, 1.82) is 0 Å². The van der Waals surface area contributed by atoms with Crippen LogP contribution in [0.2, 0.25) is 0 Å². The van der Waals surface area contributed by atoms with Gasteiger partial charge in [0.1, 0.15) is 11.7 Å². The van der Waals surface area contributed by atoms with E-state index in [1.54, 1.807) is 13.8 Å². The number of nitrogens with zero attached hydrogens (tertiary/aromatic N) is 1. The smallest absolute Gasteiger partial charge is 0.326 e. The normalized spacial score (nSPS) is 12.4. The number of primary amides is 1. The molecule has 88 valence electrons. The van der Waals surface area contributed by atoms with Crippen LogP contribution < -0.4 is 11.1 Å². The number of amides is 1. The zero-order valence-corrected chi connectivity index (χ0v) is 9.75. The van der Waals surface area contributed by atoms with Gasteiger partial charge in [0, 0.05) is 5.38 Å². The summed E-state index contributed by atoms with van der Waals surface area (Å²) in [5.74, 6) is -1.66. The molecule has 16 heavy (non-hydrogen) atoms.